The Labute approximate surface area is 81.1 Å². The number of benzene rings is 1. The molecule has 0 aliphatic rings. The van der Waals surface area contributed by atoms with E-state index in [0.717, 1.165) is 25.0 Å². The van der Waals surface area contributed by atoms with Crippen LogP contribution in [0.3, 0.4) is 0 Å². The third-order valence-electron chi connectivity index (χ3n) is 1.77. The van der Waals surface area contributed by atoms with Gasteiger partial charge in [-0.15, -0.1) is 0 Å². The van der Waals surface area contributed by atoms with Crippen molar-refractivity contribution in [3.8, 4) is 11.5 Å². The minimum Gasteiger partial charge on any atom is -0.504 e. The van der Waals surface area contributed by atoms with Gasteiger partial charge in [-0.2, -0.15) is 4.39 Å². The van der Waals surface area contributed by atoms with Crippen LogP contribution in [0.5, 0.6) is 11.5 Å². The van der Waals surface area contributed by atoms with Crippen LogP contribution in [0.15, 0.2) is 12.1 Å². The lowest BCUT2D eigenvalue weighted by molar-refractivity contribution is 0.272. The van der Waals surface area contributed by atoms with Crippen LogP contribution in [-0.4, -0.2) is 11.7 Å². The molecule has 0 aromatic heterocycles. The molecule has 0 saturated carbocycles. The van der Waals surface area contributed by atoms with Gasteiger partial charge in [-0.3, -0.25) is 0 Å². The topological polar surface area (TPSA) is 29.5 Å². The Balaban J connectivity index is 2.79. The van der Waals surface area contributed by atoms with Crippen molar-refractivity contribution >= 4 is 0 Å². The maximum Gasteiger partial charge on any atom is 0.204 e. The van der Waals surface area contributed by atoms with Gasteiger partial charge in [0.25, 0.3) is 0 Å². The average Bonchev–Trinajstić information content (AvgIpc) is 2.18. The van der Waals surface area contributed by atoms with E-state index < -0.39 is 17.4 Å². The number of aromatic hydroxyl groups is 1. The summed E-state index contributed by atoms with van der Waals surface area (Å²) in [6.07, 6.45) is 1.62. The molecule has 1 aromatic carbocycles. The molecule has 0 spiro atoms. The second-order valence-electron chi connectivity index (χ2n) is 2.91. The number of phenols is 1. The van der Waals surface area contributed by atoms with Gasteiger partial charge in [0.05, 0.1) is 6.61 Å². The van der Waals surface area contributed by atoms with Crippen molar-refractivity contribution in [3.63, 3.8) is 0 Å². The highest BCUT2D eigenvalue weighted by Crippen LogP contribution is 2.30. The lowest BCUT2D eigenvalue weighted by Crippen LogP contribution is -2.00. The number of ether oxygens (including phenoxy) is 1. The van der Waals surface area contributed by atoms with Crippen molar-refractivity contribution in [2.24, 2.45) is 0 Å². The second kappa shape index (κ2) is 4.79. The Bertz CT molecular complexity index is 313. The van der Waals surface area contributed by atoms with Gasteiger partial charge in [0.15, 0.2) is 17.3 Å². The molecule has 1 rings (SSSR count). The quantitative estimate of drug-likeness (QED) is 0.761. The van der Waals surface area contributed by atoms with Gasteiger partial charge < -0.3 is 9.84 Å². The summed E-state index contributed by atoms with van der Waals surface area (Å²) in [7, 11) is 0. The third kappa shape index (κ3) is 2.34. The summed E-state index contributed by atoms with van der Waals surface area (Å²) in [5.41, 5.74) is 0. The van der Waals surface area contributed by atoms with Crippen LogP contribution in [0.4, 0.5) is 8.78 Å². The van der Waals surface area contributed by atoms with Gasteiger partial charge in [-0.05, 0) is 18.6 Å². The molecule has 0 bridgehead atoms. The lowest BCUT2D eigenvalue weighted by atomic mass is 10.3. The Morgan fingerprint density at radius 2 is 2.07 bits per heavy atom. The number of halogens is 2. The first kappa shape index (κ1) is 10.8. The predicted octanol–water partition coefficient (Wildman–Crippen LogP) is 2.85. The van der Waals surface area contributed by atoms with Gasteiger partial charge in [-0.25, -0.2) is 4.39 Å². The maximum atomic E-state index is 13.0. The van der Waals surface area contributed by atoms with Crippen LogP contribution < -0.4 is 4.74 Å². The van der Waals surface area contributed by atoms with Gasteiger partial charge in [-0.1, -0.05) is 13.3 Å². The molecule has 0 unspecified atom stereocenters. The first-order valence-electron chi connectivity index (χ1n) is 4.46. The van der Waals surface area contributed by atoms with Crippen LogP contribution in [0.25, 0.3) is 0 Å². The molecule has 1 aromatic rings. The van der Waals surface area contributed by atoms with E-state index in [1.54, 1.807) is 0 Å². The zero-order valence-electron chi connectivity index (χ0n) is 7.89. The summed E-state index contributed by atoms with van der Waals surface area (Å²) in [5, 5.41) is 9.18. The lowest BCUT2D eigenvalue weighted by Gasteiger charge is -2.08. The highest BCUT2D eigenvalue weighted by molar-refractivity contribution is 5.40. The average molecular weight is 202 g/mol. The molecule has 0 amide bonds. The normalized spacial score (nSPS) is 10.2. The molecule has 1 N–H and O–H groups in total. The first-order chi connectivity index (χ1) is 6.66. The zero-order valence-corrected chi connectivity index (χ0v) is 7.89. The van der Waals surface area contributed by atoms with E-state index in [4.69, 9.17) is 4.74 Å². The molecule has 0 aliphatic carbocycles. The van der Waals surface area contributed by atoms with Crippen molar-refractivity contribution in [2.45, 2.75) is 19.8 Å². The molecule has 0 radical (unpaired) electrons. The van der Waals surface area contributed by atoms with E-state index >= 15 is 0 Å². The summed E-state index contributed by atoms with van der Waals surface area (Å²) in [5.74, 6) is -2.94. The first-order valence-corrected chi connectivity index (χ1v) is 4.46. The molecule has 14 heavy (non-hydrogen) atoms. The number of phenolic OH excluding ortho intramolecular Hbond substituents is 1. The van der Waals surface area contributed by atoms with E-state index in [-0.39, 0.29) is 12.4 Å². The number of rotatable bonds is 4. The molecule has 4 heteroatoms. The highest BCUT2D eigenvalue weighted by atomic mass is 19.2. The Kier molecular flexibility index (Phi) is 3.68. The summed E-state index contributed by atoms with van der Waals surface area (Å²) >= 11 is 0. The van der Waals surface area contributed by atoms with E-state index in [1.165, 1.54) is 0 Å². The van der Waals surface area contributed by atoms with Crippen LogP contribution in [0.1, 0.15) is 19.8 Å². The minimum absolute atomic E-state index is 0.268. The number of unbranched alkanes of at least 4 members (excludes halogenated alkanes) is 1. The summed E-state index contributed by atoms with van der Waals surface area (Å²) in [4.78, 5) is 0. The van der Waals surface area contributed by atoms with Crippen molar-refractivity contribution in [1.82, 2.24) is 0 Å². The van der Waals surface area contributed by atoms with Gasteiger partial charge >= 0.3 is 0 Å². The van der Waals surface area contributed by atoms with Crippen LogP contribution in [-0.2, 0) is 0 Å². The fraction of sp³-hybridized carbons (Fsp3) is 0.400. The molecule has 0 saturated heterocycles. The molecule has 2 nitrogen and oxygen atoms in total. The molecule has 0 aliphatic heterocycles. The van der Waals surface area contributed by atoms with Crippen molar-refractivity contribution in [2.75, 3.05) is 6.61 Å². The fourth-order valence-corrected chi connectivity index (χ4v) is 0.978. The van der Waals surface area contributed by atoms with E-state index in [2.05, 4.69) is 0 Å². The SMILES string of the molecule is CCCCOc1c(O)ccc(F)c1F. The Morgan fingerprint density at radius 1 is 1.36 bits per heavy atom. The van der Waals surface area contributed by atoms with Crippen LogP contribution >= 0.6 is 0 Å². The summed E-state index contributed by atoms with van der Waals surface area (Å²) in [6, 6.07) is 1.93. The fourth-order valence-electron chi connectivity index (χ4n) is 0.978. The van der Waals surface area contributed by atoms with Crippen molar-refractivity contribution < 1.29 is 18.6 Å². The molecule has 0 fully saturated rings. The van der Waals surface area contributed by atoms with E-state index in [9.17, 15) is 13.9 Å². The smallest absolute Gasteiger partial charge is 0.204 e. The zero-order chi connectivity index (χ0) is 10.6. The monoisotopic (exact) mass is 202 g/mol. The van der Waals surface area contributed by atoms with E-state index in [1.807, 2.05) is 6.92 Å². The number of hydrogen-bond donors (Lipinski definition) is 1. The Morgan fingerprint density at radius 3 is 2.71 bits per heavy atom. The number of hydrogen-bond acceptors (Lipinski definition) is 2. The largest absolute Gasteiger partial charge is 0.504 e. The van der Waals surface area contributed by atoms with Crippen LogP contribution in [0, 0.1) is 11.6 Å². The predicted molar refractivity (Wildman–Crippen MR) is 48.4 cm³/mol. The highest BCUT2D eigenvalue weighted by Gasteiger charge is 2.13. The molecular weight excluding hydrogens is 190 g/mol. The molecule has 0 heterocycles. The second-order valence-corrected chi connectivity index (χ2v) is 2.91. The maximum absolute atomic E-state index is 13.0. The van der Waals surface area contributed by atoms with Gasteiger partial charge in [0, 0.05) is 0 Å². The van der Waals surface area contributed by atoms with Gasteiger partial charge in [0.1, 0.15) is 0 Å². The van der Waals surface area contributed by atoms with Crippen LogP contribution in [0.2, 0.25) is 0 Å². The standard InChI is InChI=1S/C10H12F2O2/c1-2-3-6-14-10-8(13)5-4-7(11)9(10)12/h4-5,13H,2-3,6H2,1H3. The third-order valence-corrected chi connectivity index (χ3v) is 1.77. The molecule has 0 atom stereocenters. The summed E-state index contributed by atoms with van der Waals surface area (Å²) in [6.45, 7) is 2.22. The van der Waals surface area contributed by atoms with E-state index in [0.29, 0.717) is 0 Å². The molecule has 78 valence electrons. The van der Waals surface area contributed by atoms with Crippen molar-refractivity contribution in [1.29, 1.82) is 0 Å². The van der Waals surface area contributed by atoms with Gasteiger partial charge in [0.2, 0.25) is 5.82 Å². The summed E-state index contributed by atoms with van der Waals surface area (Å²) < 4.78 is 30.7. The van der Waals surface area contributed by atoms with Crippen molar-refractivity contribution in [3.05, 3.63) is 23.8 Å². The molecular formula is C10H12F2O2. The Hall–Kier alpha value is -1.32. The minimum atomic E-state index is -1.14.